The van der Waals surface area contributed by atoms with Crippen LogP contribution in [0.4, 0.5) is 0 Å². The third-order valence-electron chi connectivity index (χ3n) is 9.44. The molecule has 0 amide bonds. The summed E-state index contributed by atoms with van der Waals surface area (Å²) >= 11 is 0. The van der Waals surface area contributed by atoms with E-state index in [1.165, 1.54) is 44.1 Å². The van der Waals surface area contributed by atoms with Crippen LogP contribution in [0, 0.1) is 31.9 Å². The van der Waals surface area contributed by atoms with Crippen molar-refractivity contribution in [1.29, 1.82) is 0 Å². The zero-order valence-corrected chi connectivity index (χ0v) is 32.8. The van der Waals surface area contributed by atoms with E-state index in [9.17, 15) is 0 Å². The Hall–Kier alpha value is -3.44. The molecular weight excluding hydrogens is 783 g/mol. The maximum Gasteiger partial charge on any atom is 0.142 e. The largest absolute Gasteiger partial charge is 0.499 e. The second kappa shape index (κ2) is 15.4. The molecule has 1 fully saturated rings. The van der Waals surface area contributed by atoms with Gasteiger partial charge in [0.15, 0.2) is 0 Å². The number of nitrogens with zero attached hydrogens (tertiary/aromatic N) is 3. The molecule has 6 heteroatoms. The standard InChI is InChI=1S/C21H19N2O.C21H28NSi.Ir/c1-12(2)15-8-9-22-19(11-15)17-7-5-6-16-18-10-13(3)23-14(4)20(18)24-21(16)17;1-23(2,3)21-16-22-20(18-12-8-5-9-13-18)15-19(21)14-17-10-6-4-7-11-17;/h5-6,8-12H,1-4H3;5,8-9,12,15-17H,4,6-7,10-11,14H2,1-3H3;/q2*-1;. The molecule has 48 heavy (non-hydrogen) atoms. The van der Waals surface area contributed by atoms with E-state index in [2.05, 4.69) is 104 Å². The van der Waals surface area contributed by atoms with Crippen molar-refractivity contribution in [3.63, 3.8) is 0 Å². The van der Waals surface area contributed by atoms with Crippen LogP contribution in [0.5, 0.6) is 0 Å². The summed E-state index contributed by atoms with van der Waals surface area (Å²) in [6.07, 6.45) is 12.3. The maximum absolute atomic E-state index is 6.19. The van der Waals surface area contributed by atoms with Crippen molar-refractivity contribution in [3.05, 3.63) is 108 Å². The fourth-order valence-corrected chi connectivity index (χ4v) is 8.52. The molecule has 251 valence electrons. The summed E-state index contributed by atoms with van der Waals surface area (Å²) in [7, 11) is -1.36. The molecule has 0 N–H and O–H groups in total. The predicted molar refractivity (Wildman–Crippen MR) is 199 cm³/mol. The number of benzene rings is 2. The van der Waals surface area contributed by atoms with Crippen molar-refractivity contribution in [2.75, 3.05) is 0 Å². The third kappa shape index (κ3) is 8.05. The van der Waals surface area contributed by atoms with E-state index in [-0.39, 0.29) is 20.1 Å². The number of rotatable bonds is 6. The first kappa shape index (κ1) is 35.9. The molecule has 6 aromatic rings. The molecule has 4 heterocycles. The molecule has 0 atom stereocenters. The van der Waals surface area contributed by atoms with E-state index in [4.69, 9.17) is 9.40 Å². The molecule has 4 nitrogen and oxygen atoms in total. The number of furan rings is 1. The van der Waals surface area contributed by atoms with E-state index < -0.39 is 8.07 Å². The van der Waals surface area contributed by atoms with Gasteiger partial charge in [-0.25, -0.2) is 0 Å². The van der Waals surface area contributed by atoms with Gasteiger partial charge < -0.3 is 14.4 Å². The minimum absolute atomic E-state index is 0. The quantitative estimate of drug-likeness (QED) is 0.124. The number of aromatic nitrogens is 3. The molecule has 4 aromatic heterocycles. The smallest absolute Gasteiger partial charge is 0.142 e. The molecule has 1 radical (unpaired) electrons. The average Bonchev–Trinajstić information content (AvgIpc) is 3.45. The molecule has 1 saturated carbocycles. The van der Waals surface area contributed by atoms with Crippen LogP contribution in [0.25, 0.3) is 44.5 Å². The molecule has 2 aromatic carbocycles. The summed E-state index contributed by atoms with van der Waals surface area (Å²) in [5.41, 5.74) is 10.4. The Morgan fingerprint density at radius 3 is 2.35 bits per heavy atom. The molecule has 0 saturated heterocycles. The zero-order valence-electron chi connectivity index (χ0n) is 29.4. The van der Waals surface area contributed by atoms with Crippen LogP contribution < -0.4 is 5.19 Å². The molecule has 0 aliphatic heterocycles. The average molecular weight is 830 g/mol. The maximum atomic E-state index is 6.19. The Morgan fingerprint density at radius 1 is 0.854 bits per heavy atom. The molecule has 7 rings (SSSR count). The number of aryl methyl sites for hydroxylation is 2. The topological polar surface area (TPSA) is 51.8 Å². The second-order valence-corrected chi connectivity index (χ2v) is 19.6. The van der Waals surface area contributed by atoms with E-state index in [1.54, 1.807) is 10.8 Å². The van der Waals surface area contributed by atoms with Crippen LogP contribution in [0.2, 0.25) is 19.6 Å². The van der Waals surface area contributed by atoms with Gasteiger partial charge in [0.25, 0.3) is 0 Å². The van der Waals surface area contributed by atoms with Gasteiger partial charge in [-0.05, 0) is 60.8 Å². The van der Waals surface area contributed by atoms with Crippen molar-refractivity contribution < 1.29 is 24.5 Å². The van der Waals surface area contributed by atoms with Crippen molar-refractivity contribution in [2.45, 2.75) is 91.8 Å². The summed E-state index contributed by atoms with van der Waals surface area (Å²) < 4.78 is 6.19. The fraction of sp³-hybridized carbons (Fsp3) is 0.357. The summed E-state index contributed by atoms with van der Waals surface area (Å²) in [6, 6.07) is 27.4. The molecule has 1 aliphatic rings. The number of pyridine rings is 3. The van der Waals surface area contributed by atoms with Crippen molar-refractivity contribution in [3.8, 4) is 22.5 Å². The van der Waals surface area contributed by atoms with Gasteiger partial charge in [-0.3, -0.25) is 4.98 Å². The number of hydrogen-bond acceptors (Lipinski definition) is 4. The van der Waals surface area contributed by atoms with Crippen LogP contribution in [0.1, 0.15) is 74.4 Å². The number of hydrogen-bond donors (Lipinski definition) is 0. The van der Waals surface area contributed by atoms with Crippen LogP contribution >= 0.6 is 0 Å². The van der Waals surface area contributed by atoms with Gasteiger partial charge in [0, 0.05) is 43.6 Å². The van der Waals surface area contributed by atoms with E-state index in [1.807, 2.05) is 38.2 Å². The van der Waals surface area contributed by atoms with Gasteiger partial charge in [-0.15, -0.1) is 54.1 Å². The van der Waals surface area contributed by atoms with Crippen LogP contribution in [-0.2, 0) is 26.5 Å². The Kier molecular flexibility index (Phi) is 11.5. The Bertz CT molecular complexity index is 1990. The van der Waals surface area contributed by atoms with Gasteiger partial charge in [0.2, 0.25) is 0 Å². The first-order chi connectivity index (χ1) is 22.6. The molecule has 0 bridgehead atoms. The van der Waals surface area contributed by atoms with Gasteiger partial charge in [0.05, 0.1) is 19.4 Å². The Balaban J connectivity index is 0.000000184. The van der Waals surface area contributed by atoms with E-state index in [0.29, 0.717) is 5.92 Å². The first-order valence-electron chi connectivity index (χ1n) is 17.2. The van der Waals surface area contributed by atoms with Gasteiger partial charge >= 0.3 is 0 Å². The second-order valence-electron chi connectivity index (χ2n) is 14.5. The zero-order chi connectivity index (χ0) is 33.1. The summed E-state index contributed by atoms with van der Waals surface area (Å²) in [6.45, 7) is 15.7. The van der Waals surface area contributed by atoms with Gasteiger partial charge in [0.1, 0.15) is 5.58 Å². The Labute approximate surface area is 301 Å². The number of fused-ring (bicyclic) bond motifs is 3. The minimum atomic E-state index is -1.36. The summed E-state index contributed by atoms with van der Waals surface area (Å²) in [4.78, 5) is 13.8. The van der Waals surface area contributed by atoms with Crippen LogP contribution in [-0.4, -0.2) is 23.0 Å². The van der Waals surface area contributed by atoms with Crippen LogP contribution in [0.15, 0.2) is 77.5 Å². The fourth-order valence-electron chi connectivity index (χ4n) is 6.93. The molecule has 0 spiro atoms. The first-order valence-corrected chi connectivity index (χ1v) is 20.7. The summed E-state index contributed by atoms with van der Waals surface area (Å²) in [5.74, 6) is 1.32. The molecule has 1 aliphatic carbocycles. The van der Waals surface area contributed by atoms with Crippen molar-refractivity contribution in [2.24, 2.45) is 5.92 Å². The van der Waals surface area contributed by atoms with E-state index in [0.717, 1.165) is 61.8 Å². The predicted octanol–water partition coefficient (Wildman–Crippen LogP) is 10.8. The monoisotopic (exact) mass is 830 g/mol. The normalized spacial score (nSPS) is 13.8. The van der Waals surface area contributed by atoms with Crippen LogP contribution in [0.3, 0.4) is 0 Å². The van der Waals surface area contributed by atoms with E-state index >= 15 is 0 Å². The van der Waals surface area contributed by atoms with Crippen molar-refractivity contribution in [1.82, 2.24) is 15.0 Å². The minimum Gasteiger partial charge on any atom is -0.499 e. The van der Waals surface area contributed by atoms with Gasteiger partial charge in [-0.1, -0.05) is 99.8 Å². The third-order valence-corrected chi connectivity index (χ3v) is 11.5. The SMILES string of the molecule is C[Si](C)(C)c1cnc(-c2[c-]cccc2)cc1CC1CCCCC1.Cc1cc2c(oc3c(-c4cc(C(C)C)ccn4)[c-]ccc32)c(C)n1.[Ir]. The molecular formula is C42H47IrN3OSi-2. The molecule has 0 unspecified atom stereocenters. The summed E-state index contributed by atoms with van der Waals surface area (Å²) in [5, 5.41) is 3.73. The van der Waals surface area contributed by atoms with Crippen molar-refractivity contribution >= 4 is 35.2 Å². The Morgan fingerprint density at radius 2 is 1.65 bits per heavy atom. The van der Waals surface area contributed by atoms with Gasteiger partial charge in [-0.2, -0.15) is 0 Å².